The van der Waals surface area contributed by atoms with Gasteiger partial charge in [0.2, 0.25) is 5.91 Å². The van der Waals surface area contributed by atoms with E-state index in [9.17, 15) is 14.4 Å². The van der Waals surface area contributed by atoms with E-state index in [4.69, 9.17) is 0 Å². The van der Waals surface area contributed by atoms with Gasteiger partial charge in [-0.2, -0.15) is 0 Å². The zero-order valence-corrected chi connectivity index (χ0v) is 14.6. The fraction of sp³-hybridized carbons (Fsp3) is 0.316. The molecule has 6 heteroatoms. The van der Waals surface area contributed by atoms with Crippen LogP contribution in [0, 0.1) is 5.92 Å². The SMILES string of the molecule is CNC(=O)[C@H](CC(C)C)NC(=O)c1ccc(-c2ccccc2)[nH]c1=O. The highest BCUT2D eigenvalue weighted by molar-refractivity contribution is 5.97. The first-order chi connectivity index (χ1) is 11.9. The van der Waals surface area contributed by atoms with Gasteiger partial charge < -0.3 is 15.6 Å². The van der Waals surface area contributed by atoms with E-state index in [1.807, 2.05) is 44.2 Å². The van der Waals surface area contributed by atoms with E-state index < -0.39 is 17.5 Å². The van der Waals surface area contributed by atoms with E-state index in [2.05, 4.69) is 15.6 Å². The average Bonchev–Trinajstić information content (AvgIpc) is 2.60. The van der Waals surface area contributed by atoms with E-state index in [1.165, 1.54) is 13.1 Å². The van der Waals surface area contributed by atoms with Gasteiger partial charge in [0.15, 0.2) is 0 Å². The Kier molecular flexibility index (Phi) is 6.11. The number of aromatic amines is 1. The Morgan fingerprint density at radius 2 is 1.76 bits per heavy atom. The number of nitrogens with one attached hydrogen (secondary N) is 3. The Balaban J connectivity index is 2.21. The molecule has 0 spiro atoms. The van der Waals surface area contributed by atoms with Gasteiger partial charge in [-0.3, -0.25) is 14.4 Å². The molecule has 0 saturated carbocycles. The number of rotatable bonds is 6. The van der Waals surface area contributed by atoms with Crippen LogP contribution in [0.1, 0.15) is 30.6 Å². The van der Waals surface area contributed by atoms with Crippen LogP contribution in [0.2, 0.25) is 0 Å². The highest BCUT2D eigenvalue weighted by atomic mass is 16.2. The average molecular weight is 341 g/mol. The maximum absolute atomic E-state index is 12.4. The molecular formula is C19H23N3O3. The first-order valence-electron chi connectivity index (χ1n) is 8.23. The largest absolute Gasteiger partial charge is 0.357 e. The number of hydrogen-bond acceptors (Lipinski definition) is 3. The molecule has 0 saturated heterocycles. The summed E-state index contributed by atoms with van der Waals surface area (Å²) in [4.78, 5) is 39.3. The molecule has 132 valence electrons. The number of likely N-dealkylation sites (N-methyl/N-ethyl adjacent to an activating group) is 1. The first kappa shape index (κ1) is 18.4. The van der Waals surface area contributed by atoms with Gasteiger partial charge >= 0.3 is 0 Å². The fourth-order valence-corrected chi connectivity index (χ4v) is 2.55. The molecule has 3 N–H and O–H groups in total. The van der Waals surface area contributed by atoms with Crippen molar-refractivity contribution >= 4 is 11.8 Å². The Morgan fingerprint density at radius 3 is 2.32 bits per heavy atom. The second-order valence-electron chi connectivity index (χ2n) is 6.25. The standard InChI is InChI=1S/C19H23N3O3/c1-12(2)11-16(19(25)20-3)22-18(24)14-9-10-15(21-17(14)23)13-7-5-4-6-8-13/h4-10,12,16H,11H2,1-3H3,(H,20,25)(H,21,23)(H,22,24)/t16-/m0/s1. The van der Waals surface area contributed by atoms with Crippen LogP contribution in [0.25, 0.3) is 11.3 Å². The molecule has 0 radical (unpaired) electrons. The number of H-pyrrole nitrogens is 1. The Morgan fingerprint density at radius 1 is 1.08 bits per heavy atom. The van der Waals surface area contributed by atoms with Gasteiger partial charge in [0, 0.05) is 12.7 Å². The summed E-state index contributed by atoms with van der Waals surface area (Å²) in [5.41, 5.74) is 0.984. The van der Waals surface area contributed by atoms with Crippen molar-refractivity contribution in [3.05, 3.63) is 58.4 Å². The number of aromatic nitrogens is 1. The maximum Gasteiger partial charge on any atom is 0.261 e. The van der Waals surface area contributed by atoms with E-state index in [0.717, 1.165) is 5.56 Å². The monoisotopic (exact) mass is 341 g/mol. The first-order valence-corrected chi connectivity index (χ1v) is 8.23. The minimum Gasteiger partial charge on any atom is -0.357 e. The van der Waals surface area contributed by atoms with Crippen LogP contribution in [0.15, 0.2) is 47.3 Å². The van der Waals surface area contributed by atoms with Crippen LogP contribution in [-0.4, -0.2) is 29.9 Å². The number of carbonyl (C=O) groups is 2. The molecule has 0 unspecified atom stereocenters. The minimum absolute atomic E-state index is 0.0164. The summed E-state index contributed by atoms with van der Waals surface area (Å²) in [6, 6.07) is 11.9. The van der Waals surface area contributed by atoms with Gasteiger partial charge in [0.05, 0.1) is 0 Å². The third-order valence-corrected chi connectivity index (χ3v) is 3.81. The lowest BCUT2D eigenvalue weighted by Crippen LogP contribution is -2.47. The normalized spacial score (nSPS) is 11.8. The number of pyridine rings is 1. The van der Waals surface area contributed by atoms with Crippen molar-refractivity contribution in [2.24, 2.45) is 5.92 Å². The van der Waals surface area contributed by atoms with Crippen molar-refractivity contribution in [3.8, 4) is 11.3 Å². The highest BCUT2D eigenvalue weighted by Crippen LogP contribution is 2.14. The molecule has 0 fully saturated rings. The molecule has 1 heterocycles. The number of amides is 2. The van der Waals surface area contributed by atoms with Crippen LogP contribution in [0.4, 0.5) is 0 Å². The van der Waals surface area contributed by atoms with Crippen LogP contribution >= 0.6 is 0 Å². The van der Waals surface area contributed by atoms with Gasteiger partial charge in [0.25, 0.3) is 11.5 Å². The summed E-state index contributed by atoms with van der Waals surface area (Å²) in [5.74, 6) is -0.615. The van der Waals surface area contributed by atoms with Gasteiger partial charge in [-0.1, -0.05) is 44.2 Å². The van der Waals surface area contributed by atoms with Crippen LogP contribution in [0.3, 0.4) is 0 Å². The fourth-order valence-electron chi connectivity index (χ4n) is 2.55. The second-order valence-corrected chi connectivity index (χ2v) is 6.25. The van der Waals surface area contributed by atoms with Crippen LogP contribution in [0.5, 0.6) is 0 Å². The van der Waals surface area contributed by atoms with Gasteiger partial charge in [0.1, 0.15) is 11.6 Å². The Labute approximate surface area is 146 Å². The molecule has 6 nitrogen and oxygen atoms in total. The topological polar surface area (TPSA) is 91.1 Å². The lowest BCUT2D eigenvalue weighted by molar-refractivity contribution is -0.122. The number of hydrogen-bond donors (Lipinski definition) is 3. The highest BCUT2D eigenvalue weighted by Gasteiger charge is 2.22. The van der Waals surface area contributed by atoms with E-state index in [0.29, 0.717) is 12.1 Å². The second kappa shape index (κ2) is 8.28. The summed E-state index contributed by atoms with van der Waals surface area (Å²) >= 11 is 0. The molecule has 0 aliphatic heterocycles. The predicted molar refractivity (Wildman–Crippen MR) is 97.3 cm³/mol. The van der Waals surface area contributed by atoms with Crippen molar-refractivity contribution in [3.63, 3.8) is 0 Å². The zero-order valence-electron chi connectivity index (χ0n) is 14.6. The van der Waals surface area contributed by atoms with Crippen molar-refractivity contribution in [2.45, 2.75) is 26.3 Å². The number of benzene rings is 1. The minimum atomic E-state index is -0.675. The molecule has 0 aliphatic carbocycles. The lowest BCUT2D eigenvalue weighted by Gasteiger charge is -2.19. The van der Waals surface area contributed by atoms with E-state index in [-0.39, 0.29) is 17.4 Å². The van der Waals surface area contributed by atoms with E-state index >= 15 is 0 Å². The van der Waals surface area contributed by atoms with Crippen molar-refractivity contribution in [1.82, 2.24) is 15.6 Å². The third kappa shape index (κ3) is 4.79. The van der Waals surface area contributed by atoms with Crippen LogP contribution < -0.4 is 16.2 Å². The molecule has 2 aromatic rings. The van der Waals surface area contributed by atoms with E-state index in [1.54, 1.807) is 6.07 Å². The predicted octanol–water partition coefficient (Wildman–Crippen LogP) is 1.93. The molecule has 0 aliphatic rings. The molecule has 0 bridgehead atoms. The zero-order chi connectivity index (χ0) is 18.4. The number of carbonyl (C=O) groups excluding carboxylic acids is 2. The molecule has 1 aromatic heterocycles. The summed E-state index contributed by atoms with van der Waals surface area (Å²) < 4.78 is 0. The molecule has 1 aromatic carbocycles. The maximum atomic E-state index is 12.4. The summed E-state index contributed by atoms with van der Waals surface area (Å²) in [6.07, 6.45) is 0.491. The lowest BCUT2D eigenvalue weighted by atomic mass is 10.0. The Hall–Kier alpha value is -2.89. The molecule has 1 atom stereocenters. The molecular weight excluding hydrogens is 318 g/mol. The molecule has 2 rings (SSSR count). The Bertz CT molecular complexity index is 797. The van der Waals surface area contributed by atoms with Gasteiger partial charge in [-0.05, 0) is 30.0 Å². The van der Waals surface area contributed by atoms with Gasteiger partial charge in [-0.15, -0.1) is 0 Å². The summed E-state index contributed by atoms with van der Waals surface area (Å²) in [7, 11) is 1.52. The van der Waals surface area contributed by atoms with Crippen molar-refractivity contribution in [2.75, 3.05) is 7.05 Å². The van der Waals surface area contributed by atoms with Gasteiger partial charge in [-0.25, -0.2) is 0 Å². The molecule has 2 amide bonds. The quantitative estimate of drug-likeness (QED) is 0.750. The summed E-state index contributed by atoms with van der Waals surface area (Å²) in [6.45, 7) is 3.92. The van der Waals surface area contributed by atoms with Crippen LogP contribution in [-0.2, 0) is 4.79 Å². The third-order valence-electron chi connectivity index (χ3n) is 3.81. The summed E-state index contributed by atoms with van der Waals surface area (Å²) in [5, 5.41) is 5.18. The van der Waals surface area contributed by atoms with Crippen molar-refractivity contribution < 1.29 is 9.59 Å². The molecule has 25 heavy (non-hydrogen) atoms. The smallest absolute Gasteiger partial charge is 0.261 e. The van der Waals surface area contributed by atoms with Crippen molar-refractivity contribution in [1.29, 1.82) is 0 Å².